The van der Waals surface area contributed by atoms with Gasteiger partial charge in [0, 0.05) is 30.9 Å². The summed E-state index contributed by atoms with van der Waals surface area (Å²) in [5.74, 6) is 0.779. The lowest BCUT2D eigenvalue weighted by atomic mass is 10.2. The second-order valence-corrected chi connectivity index (χ2v) is 4.81. The molecule has 1 atom stereocenters. The minimum atomic E-state index is -0.383. The predicted octanol–water partition coefficient (Wildman–Crippen LogP) is 1.40. The molecule has 3 heterocycles. The number of rotatable bonds is 3. The lowest BCUT2D eigenvalue weighted by molar-refractivity contribution is 0.607. The van der Waals surface area contributed by atoms with Crippen molar-refractivity contribution in [3.05, 3.63) is 36.4 Å². The van der Waals surface area contributed by atoms with Gasteiger partial charge in [-0.1, -0.05) is 0 Å². The van der Waals surface area contributed by atoms with Gasteiger partial charge in [-0.2, -0.15) is 0 Å². The third kappa shape index (κ3) is 2.66. The number of aromatic nitrogens is 4. The minimum absolute atomic E-state index is 0.221. The van der Waals surface area contributed by atoms with E-state index in [1.54, 1.807) is 0 Å². The zero-order valence-electron chi connectivity index (χ0n) is 11.1. The Hall–Kier alpha value is -2.31. The molecular weight excluding hydrogens is 259 g/mol. The third-order valence-corrected chi connectivity index (χ3v) is 3.29. The molecule has 1 fully saturated rings. The van der Waals surface area contributed by atoms with Crippen molar-refractivity contribution in [1.29, 1.82) is 0 Å². The number of aryl methyl sites for hydroxylation is 1. The SMILES string of the molecule is Cc1cc(NC2CCN(c3ncncc3F)C2)ncn1. The van der Waals surface area contributed by atoms with Gasteiger partial charge in [-0.3, -0.25) is 0 Å². The Labute approximate surface area is 116 Å². The monoisotopic (exact) mass is 274 g/mol. The summed E-state index contributed by atoms with van der Waals surface area (Å²) in [6.07, 6.45) is 5.00. The summed E-state index contributed by atoms with van der Waals surface area (Å²) in [6.45, 7) is 3.37. The van der Waals surface area contributed by atoms with Crippen LogP contribution in [0, 0.1) is 12.7 Å². The molecule has 3 rings (SSSR count). The molecule has 1 saturated heterocycles. The van der Waals surface area contributed by atoms with Crippen molar-refractivity contribution >= 4 is 11.6 Å². The molecule has 7 heteroatoms. The first-order valence-corrected chi connectivity index (χ1v) is 6.48. The van der Waals surface area contributed by atoms with Crippen LogP contribution >= 0.6 is 0 Å². The Balaban J connectivity index is 1.67. The summed E-state index contributed by atoms with van der Waals surface area (Å²) < 4.78 is 13.6. The van der Waals surface area contributed by atoms with E-state index in [-0.39, 0.29) is 11.9 Å². The highest BCUT2D eigenvalue weighted by molar-refractivity contribution is 5.43. The van der Waals surface area contributed by atoms with E-state index in [1.807, 2.05) is 17.9 Å². The largest absolute Gasteiger partial charge is 0.365 e. The molecule has 0 aromatic carbocycles. The van der Waals surface area contributed by atoms with Crippen LogP contribution in [0.5, 0.6) is 0 Å². The fraction of sp³-hybridized carbons (Fsp3) is 0.385. The van der Waals surface area contributed by atoms with Gasteiger partial charge in [0.15, 0.2) is 11.6 Å². The van der Waals surface area contributed by atoms with Crippen LogP contribution in [0.25, 0.3) is 0 Å². The van der Waals surface area contributed by atoms with Gasteiger partial charge in [0.05, 0.1) is 6.20 Å². The molecule has 1 aliphatic heterocycles. The van der Waals surface area contributed by atoms with Gasteiger partial charge in [0.25, 0.3) is 0 Å². The van der Waals surface area contributed by atoms with Gasteiger partial charge >= 0.3 is 0 Å². The van der Waals surface area contributed by atoms with Crippen LogP contribution < -0.4 is 10.2 Å². The van der Waals surface area contributed by atoms with Gasteiger partial charge in [0.1, 0.15) is 18.5 Å². The van der Waals surface area contributed by atoms with Gasteiger partial charge in [-0.15, -0.1) is 0 Å². The molecular formula is C13H15FN6. The number of anilines is 2. The summed E-state index contributed by atoms with van der Waals surface area (Å²) in [6, 6.07) is 2.12. The summed E-state index contributed by atoms with van der Waals surface area (Å²) in [5.41, 5.74) is 0.916. The van der Waals surface area contributed by atoms with E-state index < -0.39 is 0 Å². The van der Waals surface area contributed by atoms with Gasteiger partial charge < -0.3 is 10.2 Å². The summed E-state index contributed by atoms with van der Waals surface area (Å²) in [5, 5.41) is 3.34. The topological polar surface area (TPSA) is 66.8 Å². The van der Waals surface area contributed by atoms with Gasteiger partial charge in [-0.05, 0) is 13.3 Å². The molecule has 20 heavy (non-hydrogen) atoms. The first kappa shape index (κ1) is 12.7. The molecule has 0 radical (unpaired) electrons. The van der Waals surface area contributed by atoms with E-state index in [9.17, 15) is 4.39 Å². The summed E-state index contributed by atoms with van der Waals surface area (Å²) >= 11 is 0. The Morgan fingerprint density at radius 1 is 1.30 bits per heavy atom. The Morgan fingerprint density at radius 2 is 2.20 bits per heavy atom. The molecule has 104 valence electrons. The lowest BCUT2D eigenvalue weighted by Gasteiger charge is -2.18. The number of hydrogen-bond acceptors (Lipinski definition) is 6. The van der Waals surface area contributed by atoms with Crippen molar-refractivity contribution in [2.75, 3.05) is 23.3 Å². The normalized spacial score (nSPS) is 18.3. The molecule has 6 nitrogen and oxygen atoms in total. The van der Waals surface area contributed by atoms with Gasteiger partial charge in [-0.25, -0.2) is 24.3 Å². The maximum Gasteiger partial charge on any atom is 0.183 e. The smallest absolute Gasteiger partial charge is 0.183 e. The van der Waals surface area contributed by atoms with Crippen molar-refractivity contribution in [2.24, 2.45) is 0 Å². The number of nitrogens with one attached hydrogen (secondary N) is 1. The first-order valence-electron chi connectivity index (χ1n) is 6.48. The fourth-order valence-corrected chi connectivity index (χ4v) is 2.35. The van der Waals surface area contributed by atoms with E-state index in [1.165, 1.54) is 18.9 Å². The number of hydrogen-bond donors (Lipinski definition) is 1. The second kappa shape index (κ2) is 5.36. The van der Waals surface area contributed by atoms with Crippen LogP contribution in [0.1, 0.15) is 12.1 Å². The second-order valence-electron chi connectivity index (χ2n) is 4.81. The number of halogens is 1. The molecule has 0 amide bonds. The molecule has 0 aliphatic carbocycles. The first-order chi connectivity index (χ1) is 9.72. The lowest BCUT2D eigenvalue weighted by Crippen LogP contribution is -2.27. The van der Waals surface area contributed by atoms with E-state index >= 15 is 0 Å². The van der Waals surface area contributed by atoms with Crippen molar-refractivity contribution < 1.29 is 4.39 Å². The van der Waals surface area contributed by atoms with E-state index in [0.29, 0.717) is 12.4 Å². The standard InChI is InChI=1S/C13H15FN6/c1-9-4-12(17-8-16-9)19-10-2-3-20(6-10)13-11(14)5-15-7-18-13/h4-5,7-8,10H,2-3,6H2,1H3,(H,16,17,19). The highest BCUT2D eigenvalue weighted by Gasteiger charge is 2.25. The average Bonchev–Trinajstić information content (AvgIpc) is 2.87. The fourth-order valence-electron chi connectivity index (χ4n) is 2.35. The molecule has 2 aromatic rings. The summed E-state index contributed by atoms with van der Waals surface area (Å²) in [7, 11) is 0. The van der Waals surface area contributed by atoms with Crippen LogP contribution in [0.3, 0.4) is 0 Å². The van der Waals surface area contributed by atoms with Crippen molar-refractivity contribution in [3.63, 3.8) is 0 Å². The minimum Gasteiger partial charge on any atom is -0.365 e. The van der Waals surface area contributed by atoms with E-state index in [2.05, 4.69) is 25.3 Å². The highest BCUT2D eigenvalue weighted by atomic mass is 19.1. The molecule has 0 spiro atoms. The highest BCUT2D eigenvalue weighted by Crippen LogP contribution is 2.21. The molecule has 1 aliphatic rings. The molecule has 1 unspecified atom stereocenters. The maximum absolute atomic E-state index is 13.6. The average molecular weight is 274 g/mol. The predicted molar refractivity (Wildman–Crippen MR) is 73.0 cm³/mol. The van der Waals surface area contributed by atoms with Crippen LogP contribution in [0.4, 0.5) is 16.0 Å². The zero-order chi connectivity index (χ0) is 13.9. The van der Waals surface area contributed by atoms with Crippen LogP contribution in [0.15, 0.2) is 24.9 Å². The molecule has 0 saturated carbocycles. The Bertz CT molecular complexity index is 605. The molecule has 1 N–H and O–H groups in total. The Morgan fingerprint density at radius 3 is 3.00 bits per heavy atom. The quantitative estimate of drug-likeness (QED) is 0.912. The van der Waals surface area contributed by atoms with Crippen molar-refractivity contribution in [3.8, 4) is 0 Å². The maximum atomic E-state index is 13.6. The van der Waals surface area contributed by atoms with E-state index in [0.717, 1.165) is 24.5 Å². The number of nitrogens with zero attached hydrogens (tertiary/aromatic N) is 5. The van der Waals surface area contributed by atoms with E-state index in [4.69, 9.17) is 0 Å². The zero-order valence-corrected chi connectivity index (χ0v) is 11.1. The summed E-state index contributed by atoms with van der Waals surface area (Å²) in [4.78, 5) is 17.8. The van der Waals surface area contributed by atoms with Crippen LogP contribution in [-0.4, -0.2) is 39.1 Å². The van der Waals surface area contributed by atoms with Crippen LogP contribution in [-0.2, 0) is 0 Å². The van der Waals surface area contributed by atoms with Gasteiger partial charge in [0.2, 0.25) is 0 Å². The third-order valence-electron chi connectivity index (χ3n) is 3.29. The molecule has 0 bridgehead atoms. The van der Waals surface area contributed by atoms with Crippen molar-refractivity contribution in [1.82, 2.24) is 19.9 Å². The molecule has 2 aromatic heterocycles. The van der Waals surface area contributed by atoms with Crippen molar-refractivity contribution in [2.45, 2.75) is 19.4 Å². The Kier molecular flexibility index (Phi) is 3.41. The van der Waals surface area contributed by atoms with Crippen LogP contribution in [0.2, 0.25) is 0 Å².